The quantitative estimate of drug-likeness (QED) is 0.670. The maximum Gasteiger partial charge on any atom is 0.346 e. The number of nitriles is 1. The Kier molecular flexibility index (Phi) is 3.63. The molecule has 1 aliphatic carbocycles. The summed E-state index contributed by atoms with van der Waals surface area (Å²) < 4.78 is 0. The van der Waals surface area contributed by atoms with Gasteiger partial charge in [0, 0.05) is 0 Å². The third-order valence-electron chi connectivity index (χ3n) is 4.21. The second kappa shape index (κ2) is 5.60. The molecule has 0 bridgehead atoms. The second-order valence-electron chi connectivity index (χ2n) is 5.67. The Morgan fingerprint density at radius 1 is 1.18 bits per heavy atom. The van der Waals surface area contributed by atoms with E-state index in [0.717, 1.165) is 29.8 Å². The van der Waals surface area contributed by atoms with Gasteiger partial charge in [-0.15, -0.1) is 5.01 Å². The lowest BCUT2D eigenvalue weighted by atomic mass is 9.82. The molecule has 1 spiro atoms. The highest BCUT2D eigenvalue weighted by molar-refractivity contribution is 6.07. The number of urea groups is 1. The summed E-state index contributed by atoms with van der Waals surface area (Å²) in [7, 11) is 0. The summed E-state index contributed by atoms with van der Waals surface area (Å²) >= 11 is 0. The molecule has 6 heteroatoms. The van der Waals surface area contributed by atoms with Gasteiger partial charge in [-0.2, -0.15) is 10.4 Å². The summed E-state index contributed by atoms with van der Waals surface area (Å²) in [6.07, 6.45) is 5.80. The van der Waals surface area contributed by atoms with Crippen LogP contribution in [0.15, 0.2) is 29.4 Å². The Hall–Kier alpha value is -2.68. The van der Waals surface area contributed by atoms with Crippen LogP contribution in [0.4, 0.5) is 4.79 Å². The fraction of sp³-hybridized carbons (Fsp3) is 0.375. The van der Waals surface area contributed by atoms with Gasteiger partial charge >= 0.3 is 6.03 Å². The molecule has 1 aromatic carbocycles. The first-order chi connectivity index (χ1) is 10.6. The van der Waals surface area contributed by atoms with Gasteiger partial charge in [0.25, 0.3) is 5.91 Å². The minimum absolute atomic E-state index is 0.262. The first kappa shape index (κ1) is 14.3. The maximum atomic E-state index is 12.5. The van der Waals surface area contributed by atoms with Crippen molar-refractivity contribution in [3.05, 3.63) is 35.4 Å². The number of amides is 3. The van der Waals surface area contributed by atoms with Crippen LogP contribution in [0.1, 0.15) is 43.2 Å². The van der Waals surface area contributed by atoms with Crippen LogP contribution in [0.5, 0.6) is 0 Å². The number of hydrazone groups is 1. The van der Waals surface area contributed by atoms with E-state index in [1.807, 2.05) is 6.07 Å². The molecular weight excluding hydrogens is 280 g/mol. The van der Waals surface area contributed by atoms with Crippen molar-refractivity contribution >= 4 is 18.2 Å². The first-order valence-electron chi connectivity index (χ1n) is 7.35. The molecule has 3 amide bonds. The summed E-state index contributed by atoms with van der Waals surface area (Å²) in [5.74, 6) is -0.262. The van der Waals surface area contributed by atoms with Crippen LogP contribution in [0, 0.1) is 11.3 Å². The van der Waals surface area contributed by atoms with Crippen LogP contribution in [0.3, 0.4) is 0 Å². The van der Waals surface area contributed by atoms with E-state index in [-0.39, 0.29) is 5.91 Å². The van der Waals surface area contributed by atoms with Gasteiger partial charge in [-0.3, -0.25) is 4.79 Å². The SMILES string of the molecule is N#Cc1ccc(/C=N\N2C(=O)NC3(CCCCC3)C2=O)cc1. The smallest absolute Gasteiger partial charge is 0.321 e. The Morgan fingerprint density at radius 3 is 2.50 bits per heavy atom. The lowest BCUT2D eigenvalue weighted by molar-refractivity contribution is -0.132. The van der Waals surface area contributed by atoms with Crippen LogP contribution in [0.2, 0.25) is 0 Å². The molecule has 1 heterocycles. The standard InChI is InChI=1S/C16H16N4O2/c17-10-12-4-6-13(7-5-12)11-18-20-14(21)16(19-15(20)22)8-2-1-3-9-16/h4-7,11H,1-3,8-9H2,(H,19,22)/b18-11-. The van der Waals surface area contributed by atoms with Crippen molar-refractivity contribution in [3.63, 3.8) is 0 Å². The molecule has 3 rings (SSSR count). The average molecular weight is 296 g/mol. The van der Waals surface area contributed by atoms with E-state index in [1.54, 1.807) is 24.3 Å². The van der Waals surface area contributed by atoms with E-state index in [1.165, 1.54) is 6.21 Å². The van der Waals surface area contributed by atoms with Crippen molar-refractivity contribution in [2.24, 2.45) is 5.10 Å². The lowest BCUT2D eigenvalue weighted by Crippen LogP contribution is -2.48. The number of benzene rings is 1. The van der Waals surface area contributed by atoms with Crippen LogP contribution in [0.25, 0.3) is 0 Å². The van der Waals surface area contributed by atoms with Gasteiger partial charge in [-0.25, -0.2) is 4.79 Å². The molecule has 2 fully saturated rings. The Labute approximate surface area is 128 Å². The summed E-state index contributed by atoms with van der Waals surface area (Å²) in [6, 6.07) is 8.33. The largest absolute Gasteiger partial charge is 0.346 e. The molecule has 112 valence electrons. The normalized spacial score (nSPS) is 20.4. The van der Waals surface area contributed by atoms with Crippen molar-refractivity contribution in [1.82, 2.24) is 10.3 Å². The lowest BCUT2D eigenvalue weighted by Gasteiger charge is -2.29. The number of nitrogens with one attached hydrogen (secondary N) is 1. The highest BCUT2D eigenvalue weighted by atomic mass is 16.2. The highest BCUT2D eigenvalue weighted by Gasteiger charge is 2.51. The molecule has 0 atom stereocenters. The summed E-state index contributed by atoms with van der Waals surface area (Å²) in [4.78, 5) is 24.5. The Bertz CT molecular complexity index is 666. The van der Waals surface area contributed by atoms with Gasteiger partial charge < -0.3 is 5.32 Å². The van der Waals surface area contributed by atoms with Gasteiger partial charge in [0.1, 0.15) is 5.54 Å². The van der Waals surface area contributed by atoms with Gasteiger partial charge in [-0.1, -0.05) is 31.4 Å². The molecule has 0 unspecified atom stereocenters. The number of carbonyl (C=O) groups is 2. The van der Waals surface area contributed by atoms with E-state index >= 15 is 0 Å². The fourth-order valence-electron chi connectivity index (χ4n) is 2.97. The molecule has 1 aromatic rings. The number of hydrogen-bond acceptors (Lipinski definition) is 4. The van der Waals surface area contributed by atoms with Gasteiger partial charge in [0.15, 0.2) is 0 Å². The van der Waals surface area contributed by atoms with Crippen molar-refractivity contribution in [1.29, 1.82) is 5.26 Å². The van der Waals surface area contributed by atoms with Crippen LogP contribution in [-0.2, 0) is 4.79 Å². The Balaban J connectivity index is 1.77. The molecule has 6 nitrogen and oxygen atoms in total. The summed E-state index contributed by atoms with van der Waals surface area (Å²) in [6.45, 7) is 0. The zero-order valence-corrected chi connectivity index (χ0v) is 12.1. The number of rotatable bonds is 2. The van der Waals surface area contributed by atoms with Crippen LogP contribution >= 0.6 is 0 Å². The van der Waals surface area contributed by atoms with Crippen molar-refractivity contribution < 1.29 is 9.59 Å². The van der Waals surface area contributed by atoms with E-state index in [0.29, 0.717) is 18.4 Å². The molecule has 0 radical (unpaired) electrons. The van der Waals surface area contributed by atoms with Crippen molar-refractivity contribution in [2.75, 3.05) is 0 Å². The third-order valence-corrected chi connectivity index (χ3v) is 4.21. The second-order valence-corrected chi connectivity index (χ2v) is 5.67. The highest BCUT2D eigenvalue weighted by Crippen LogP contribution is 2.33. The molecule has 2 aliphatic rings. The summed E-state index contributed by atoms with van der Waals surface area (Å²) in [5.41, 5.74) is 0.523. The number of nitrogens with zero attached hydrogens (tertiary/aromatic N) is 3. The van der Waals surface area contributed by atoms with Crippen molar-refractivity contribution in [3.8, 4) is 6.07 Å². The van der Waals surface area contributed by atoms with Gasteiger partial charge in [0.05, 0.1) is 17.8 Å². The molecule has 1 saturated carbocycles. The average Bonchev–Trinajstić information content (AvgIpc) is 2.77. The monoisotopic (exact) mass is 296 g/mol. The zero-order chi connectivity index (χ0) is 15.6. The van der Waals surface area contributed by atoms with E-state index in [2.05, 4.69) is 10.4 Å². The molecule has 1 saturated heterocycles. The van der Waals surface area contributed by atoms with Crippen LogP contribution < -0.4 is 5.32 Å². The predicted octanol–water partition coefficient (Wildman–Crippen LogP) is 2.15. The maximum absolute atomic E-state index is 12.5. The molecule has 0 aromatic heterocycles. The van der Waals surface area contributed by atoms with Crippen LogP contribution in [-0.4, -0.2) is 28.7 Å². The molecule has 22 heavy (non-hydrogen) atoms. The third kappa shape index (κ3) is 2.46. The number of hydrogen-bond donors (Lipinski definition) is 1. The molecule has 1 N–H and O–H groups in total. The minimum atomic E-state index is -0.753. The Morgan fingerprint density at radius 2 is 1.86 bits per heavy atom. The number of imide groups is 1. The predicted molar refractivity (Wildman–Crippen MR) is 79.9 cm³/mol. The van der Waals surface area contributed by atoms with Gasteiger partial charge in [-0.05, 0) is 30.5 Å². The number of carbonyl (C=O) groups excluding carboxylic acids is 2. The topological polar surface area (TPSA) is 85.6 Å². The minimum Gasteiger partial charge on any atom is -0.321 e. The van der Waals surface area contributed by atoms with Gasteiger partial charge in [0.2, 0.25) is 0 Å². The molecular formula is C16H16N4O2. The fourth-order valence-corrected chi connectivity index (χ4v) is 2.97. The first-order valence-corrected chi connectivity index (χ1v) is 7.35. The molecule has 1 aliphatic heterocycles. The van der Waals surface area contributed by atoms with E-state index < -0.39 is 11.6 Å². The van der Waals surface area contributed by atoms with E-state index in [9.17, 15) is 9.59 Å². The summed E-state index contributed by atoms with van der Waals surface area (Å²) in [5, 5.41) is 16.5. The van der Waals surface area contributed by atoms with E-state index in [4.69, 9.17) is 5.26 Å². The zero-order valence-electron chi connectivity index (χ0n) is 12.1. The van der Waals surface area contributed by atoms with Crippen molar-refractivity contribution in [2.45, 2.75) is 37.6 Å².